The number of hydrogen-bond donors (Lipinski definition) is 0. The number of hydrogen-bond acceptors (Lipinski definition) is 3. The Morgan fingerprint density at radius 2 is 2.27 bits per heavy atom. The Bertz CT molecular complexity index is 557. The highest BCUT2D eigenvalue weighted by Gasteiger charge is 2.27. The molecule has 0 fully saturated rings. The van der Waals surface area contributed by atoms with Gasteiger partial charge in [-0.15, -0.1) is 0 Å². The molecule has 1 aromatic heterocycles. The summed E-state index contributed by atoms with van der Waals surface area (Å²) in [5.41, 5.74) is 1.52. The monoisotopic (exact) mass is 200 g/mol. The van der Waals surface area contributed by atoms with E-state index in [-0.39, 0.29) is 5.78 Å². The predicted octanol–water partition coefficient (Wildman–Crippen LogP) is 1.43. The number of ether oxygens (including phenoxy) is 1. The number of imidazole rings is 1. The fourth-order valence-electron chi connectivity index (χ4n) is 1.82. The largest absolute Gasteiger partial charge is 0.497 e. The van der Waals surface area contributed by atoms with Gasteiger partial charge in [0.2, 0.25) is 5.78 Å². The van der Waals surface area contributed by atoms with Crippen molar-refractivity contribution >= 4 is 5.78 Å². The fraction of sp³-hybridized carbons (Fsp3) is 0.0909. The lowest BCUT2D eigenvalue weighted by molar-refractivity contribution is 0.103. The van der Waals surface area contributed by atoms with E-state index in [2.05, 4.69) is 4.98 Å². The van der Waals surface area contributed by atoms with E-state index in [0.717, 1.165) is 5.69 Å². The zero-order chi connectivity index (χ0) is 10.4. The normalized spacial score (nSPS) is 12.5. The maximum Gasteiger partial charge on any atom is 0.231 e. The second-order valence-electron chi connectivity index (χ2n) is 3.33. The molecule has 1 aliphatic heterocycles. The van der Waals surface area contributed by atoms with E-state index in [1.54, 1.807) is 30.1 Å². The maximum absolute atomic E-state index is 11.9. The quantitative estimate of drug-likeness (QED) is 0.596. The van der Waals surface area contributed by atoms with Gasteiger partial charge in [0.05, 0.1) is 18.4 Å². The van der Waals surface area contributed by atoms with Gasteiger partial charge in [0, 0.05) is 12.4 Å². The first-order valence-electron chi connectivity index (χ1n) is 4.58. The molecule has 15 heavy (non-hydrogen) atoms. The lowest BCUT2D eigenvalue weighted by Gasteiger charge is -2.02. The number of aromatic nitrogens is 2. The third-order valence-electron chi connectivity index (χ3n) is 2.55. The third kappa shape index (κ3) is 0.958. The molecule has 4 heteroatoms. The van der Waals surface area contributed by atoms with Crippen LogP contribution in [-0.2, 0) is 0 Å². The van der Waals surface area contributed by atoms with E-state index in [9.17, 15) is 4.79 Å². The molecule has 1 aromatic carbocycles. The Morgan fingerprint density at radius 3 is 3.07 bits per heavy atom. The van der Waals surface area contributed by atoms with Crippen molar-refractivity contribution < 1.29 is 9.53 Å². The minimum Gasteiger partial charge on any atom is -0.497 e. The van der Waals surface area contributed by atoms with Crippen LogP contribution in [0.4, 0.5) is 0 Å². The molecule has 0 saturated heterocycles. The number of nitrogens with zero attached hydrogens (tertiary/aromatic N) is 2. The van der Waals surface area contributed by atoms with E-state index in [0.29, 0.717) is 17.1 Å². The molecule has 1 aliphatic rings. The lowest BCUT2D eigenvalue weighted by Crippen LogP contribution is -1.97. The minimum absolute atomic E-state index is 0.0473. The second kappa shape index (κ2) is 2.70. The topological polar surface area (TPSA) is 44.1 Å². The van der Waals surface area contributed by atoms with E-state index in [4.69, 9.17) is 4.74 Å². The van der Waals surface area contributed by atoms with Crippen LogP contribution >= 0.6 is 0 Å². The van der Waals surface area contributed by atoms with Gasteiger partial charge >= 0.3 is 0 Å². The summed E-state index contributed by atoms with van der Waals surface area (Å²) in [5.74, 6) is 1.11. The van der Waals surface area contributed by atoms with Gasteiger partial charge in [0.15, 0.2) is 5.82 Å². The van der Waals surface area contributed by atoms with Gasteiger partial charge in [-0.1, -0.05) is 0 Å². The maximum atomic E-state index is 11.9. The van der Waals surface area contributed by atoms with Crippen molar-refractivity contribution in [3.05, 3.63) is 42.0 Å². The first-order chi connectivity index (χ1) is 7.31. The third-order valence-corrected chi connectivity index (χ3v) is 2.55. The molecular weight excluding hydrogens is 192 g/mol. The van der Waals surface area contributed by atoms with E-state index in [1.807, 2.05) is 12.1 Å². The van der Waals surface area contributed by atoms with Gasteiger partial charge in [-0.3, -0.25) is 9.36 Å². The molecule has 0 N–H and O–H groups in total. The van der Waals surface area contributed by atoms with Gasteiger partial charge in [0.1, 0.15) is 5.75 Å². The van der Waals surface area contributed by atoms with Crippen molar-refractivity contribution in [1.29, 1.82) is 0 Å². The van der Waals surface area contributed by atoms with Crippen molar-refractivity contribution in [1.82, 2.24) is 9.55 Å². The van der Waals surface area contributed by atoms with Gasteiger partial charge in [-0.05, 0) is 18.2 Å². The molecule has 0 spiro atoms. The molecule has 0 amide bonds. The number of ketones is 1. The molecule has 2 aromatic rings. The van der Waals surface area contributed by atoms with E-state index >= 15 is 0 Å². The minimum atomic E-state index is -0.0473. The molecule has 0 radical (unpaired) electrons. The van der Waals surface area contributed by atoms with Crippen LogP contribution in [0.15, 0.2) is 30.6 Å². The molecule has 0 unspecified atom stereocenters. The summed E-state index contributed by atoms with van der Waals surface area (Å²) in [7, 11) is 1.58. The number of carbonyl (C=O) groups is 1. The molecule has 74 valence electrons. The van der Waals surface area contributed by atoms with Crippen LogP contribution in [0.2, 0.25) is 0 Å². The summed E-state index contributed by atoms with van der Waals surface area (Å²) < 4.78 is 6.87. The highest BCUT2D eigenvalue weighted by Crippen LogP contribution is 2.29. The van der Waals surface area contributed by atoms with Crippen molar-refractivity contribution in [2.45, 2.75) is 0 Å². The van der Waals surface area contributed by atoms with Crippen LogP contribution in [-0.4, -0.2) is 22.4 Å². The van der Waals surface area contributed by atoms with Gasteiger partial charge < -0.3 is 4.74 Å². The number of fused-ring (bicyclic) bond motifs is 3. The molecular formula is C11H8N2O2. The molecule has 2 heterocycles. The molecule has 0 saturated carbocycles. The number of rotatable bonds is 1. The van der Waals surface area contributed by atoms with Crippen LogP contribution in [0.3, 0.4) is 0 Å². The van der Waals surface area contributed by atoms with Crippen molar-refractivity contribution in [2.75, 3.05) is 7.11 Å². The average molecular weight is 200 g/mol. The Kier molecular flexibility index (Phi) is 1.48. The van der Waals surface area contributed by atoms with Crippen LogP contribution in [0.5, 0.6) is 5.75 Å². The van der Waals surface area contributed by atoms with Crippen molar-refractivity contribution in [3.63, 3.8) is 0 Å². The zero-order valence-electron chi connectivity index (χ0n) is 8.10. The summed E-state index contributed by atoms with van der Waals surface area (Å²) in [4.78, 5) is 15.9. The van der Waals surface area contributed by atoms with E-state index in [1.165, 1.54) is 0 Å². The van der Waals surface area contributed by atoms with Gasteiger partial charge in [-0.2, -0.15) is 0 Å². The zero-order valence-corrected chi connectivity index (χ0v) is 8.10. The smallest absolute Gasteiger partial charge is 0.231 e. The summed E-state index contributed by atoms with van der Waals surface area (Å²) in [6.07, 6.45) is 3.41. The summed E-state index contributed by atoms with van der Waals surface area (Å²) in [6, 6.07) is 5.44. The van der Waals surface area contributed by atoms with Gasteiger partial charge in [0.25, 0.3) is 0 Å². The summed E-state index contributed by atoms with van der Waals surface area (Å²) in [6.45, 7) is 0. The van der Waals surface area contributed by atoms with Crippen LogP contribution in [0.1, 0.15) is 16.2 Å². The van der Waals surface area contributed by atoms with Crippen LogP contribution < -0.4 is 4.74 Å². The molecule has 0 bridgehead atoms. The predicted molar refractivity (Wildman–Crippen MR) is 53.5 cm³/mol. The summed E-state index contributed by atoms with van der Waals surface area (Å²) >= 11 is 0. The molecule has 3 rings (SSSR count). The van der Waals surface area contributed by atoms with Gasteiger partial charge in [-0.25, -0.2) is 4.98 Å². The Morgan fingerprint density at radius 1 is 1.40 bits per heavy atom. The second-order valence-corrected chi connectivity index (χ2v) is 3.33. The standard InChI is InChI=1S/C11H8N2O2/c1-15-7-2-3-9-8(6-7)10(14)11-12-4-5-13(9)11/h2-6H,1H3. The molecule has 0 atom stereocenters. The fourth-order valence-corrected chi connectivity index (χ4v) is 1.82. The SMILES string of the molecule is COc1ccc2c(c1)C(=O)c1nccn1-2. The van der Waals surface area contributed by atoms with Crippen molar-refractivity contribution in [2.24, 2.45) is 0 Å². The lowest BCUT2D eigenvalue weighted by atomic mass is 10.1. The Balaban J connectivity index is 2.28. The highest BCUT2D eigenvalue weighted by atomic mass is 16.5. The highest BCUT2D eigenvalue weighted by molar-refractivity contribution is 6.12. The molecule has 0 aliphatic carbocycles. The Labute approximate surface area is 86.1 Å². The number of methoxy groups -OCH3 is 1. The van der Waals surface area contributed by atoms with Crippen LogP contribution in [0, 0.1) is 0 Å². The van der Waals surface area contributed by atoms with Crippen molar-refractivity contribution in [3.8, 4) is 11.4 Å². The van der Waals surface area contributed by atoms with Crippen LogP contribution in [0.25, 0.3) is 5.69 Å². The average Bonchev–Trinajstić information content (AvgIpc) is 2.83. The number of carbonyl (C=O) groups excluding carboxylic acids is 1. The number of benzene rings is 1. The Hall–Kier alpha value is -2.10. The van der Waals surface area contributed by atoms with E-state index < -0.39 is 0 Å². The first kappa shape index (κ1) is 8.23. The molecule has 4 nitrogen and oxygen atoms in total. The first-order valence-corrected chi connectivity index (χ1v) is 4.58. The summed E-state index contributed by atoms with van der Waals surface area (Å²) in [5, 5.41) is 0.